The minimum absolute atomic E-state index is 0.0388. The fourth-order valence-corrected chi connectivity index (χ4v) is 3.05. The summed E-state index contributed by atoms with van der Waals surface area (Å²) in [5, 5.41) is 3.13. The van der Waals surface area contributed by atoms with Gasteiger partial charge in [-0.25, -0.2) is 0 Å². The number of fused-ring (bicyclic) bond motifs is 4. The van der Waals surface area contributed by atoms with Crippen molar-refractivity contribution in [3.8, 4) is 0 Å². The highest BCUT2D eigenvalue weighted by atomic mass is 16.1. The second-order valence-corrected chi connectivity index (χ2v) is 5.37. The lowest BCUT2D eigenvalue weighted by molar-refractivity contribution is 0.0924. The van der Waals surface area contributed by atoms with Gasteiger partial charge in [0, 0.05) is 18.8 Å². The quantitative estimate of drug-likeness (QED) is 0.854. The Labute approximate surface area is 107 Å². The lowest BCUT2D eigenvalue weighted by Gasteiger charge is -2.26. The van der Waals surface area contributed by atoms with Crippen molar-refractivity contribution in [3.05, 3.63) is 30.1 Å². The van der Waals surface area contributed by atoms with Gasteiger partial charge in [0.1, 0.15) is 5.69 Å². The first-order chi connectivity index (χ1) is 8.81. The van der Waals surface area contributed by atoms with E-state index in [0.717, 1.165) is 18.9 Å². The maximum Gasteiger partial charge on any atom is 0.270 e. The Morgan fingerprint density at radius 2 is 2.17 bits per heavy atom. The van der Waals surface area contributed by atoms with Gasteiger partial charge >= 0.3 is 0 Å². The van der Waals surface area contributed by atoms with Crippen molar-refractivity contribution in [2.24, 2.45) is 5.92 Å². The van der Waals surface area contributed by atoms with Crippen LogP contribution in [0.2, 0.25) is 0 Å². The van der Waals surface area contributed by atoms with Crippen molar-refractivity contribution in [2.75, 3.05) is 19.6 Å². The van der Waals surface area contributed by atoms with Crippen molar-refractivity contribution >= 4 is 5.91 Å². The van der Waals surface area contributed by atoms with E-state index in [1.165, 1.54) is 25.9 Å². The standard InChI is InChI=1S/C14H19N3O/c18-14(13-3-1-2-6-15-13)16-12-9-11-4-7-17(10-12)8-5-11/h1-3,6,11-12H,4-5,7-10H2,(H,16,18)/t12-/m1/s1. The average Bonchev–Trinajstić information content (AvgIpc) is 2.72. The van der Waals surface area contributed by atoms with Crippen molar-refractivity contribution in [3.63, 3.8) is 0 Å². The average molecular weight is 245 g/mol. The molecular weight excluding hydrogens is 226 g/mol. The molecule has 4 heteroatoms. The van der Waals surface area contributed by atoms with Crippen molar-refractivity contribution in [1.29, 1.82) is 0 Å². The van der Waals surface area contributed by atoms with E-state index < -0.39 is 0 Å². The molecule has 0 aromatic carbocycles. The molecule has 1 atom stereocenters. The molecule has 2 bridgehead atoms. The molecule has 1 amide bonds. The molecule has 3 fully saturated rings. The van der Waals surface area contributed by atoms with Crippen LogP contribution >= 0.6 is 0 Å². The van der Waals surface area contributed by atoms with Crippen LogP contribution in [0.3, 0.4) is 0 Å². The van der Waals surface area contributed by atoms with E-state index in [0.29, 0.717) is 5.69 Å². The van der Waals surface area contributed by atoms with Gasteiger partial charge < -0.3 is 10.2 Å². The number of amides is 1. The summed E-state index contributed by atoms with van der Waals surface area (Å²) in [7, 11) is 0. The number of aromatic nitrogens is 1. The van der Waals surface area contributed by atoms with Gasteiger partial charge in [-0.1, -0.05) is 6.07 Å². The Morgan fingerprint density at radius 3 is 2.89 bits per heavy atom. The zero-order valence-corrected chi connectivity index (χ0v) is 10.5. The maximum absolute atomic E-state index is 12.1. The Hall–Kier alpha value is -1.42. The van der Waals surface area contributed by atoms with Crippen LogP contribution in [0.1, 0.15) is 29.8 Å². The van der Waals surface area contributed by atoms with E-state index in [1.54, 1.807) is 12.3 Å². The molecular formula is C14H19N3O. The zero-order chi connectivity index (χ0) is 12.4. The smallest absolute Gasteiger partial charge is 0.270 e. The predicted molar refractivity (Wildman–Crippen MR) is 69.3 cm³/mol. The molecule has 0 saturated carbocycles. The molecule has 0 radical (unpaired) electrons. The molecule has 4 nitrogen and oxygen atoms in total. The lowest BCUT2D eigenvalue weighted by atomic mass is 9.94. The minimum Gasteiger partial charge on any atom is -0.347 e. The monoisotopic (exact) mass is 245 g/mol. The van der Waals surface area contributed by atoms with Gasteiger partial charge in [-0.3, -0.25) is 9.78 Å². The summed E-state index contributed by atoms with van der Waals surface area (Å²) in [5.74, 6) is 0.751. The number of piperidine rings is 1. The zero-order valence-electron chi connectivity index (χ0n) is 10.5. The molecule has 1 aromatic heterocycles. The third-order valence-corrected chi connectivity index (χ3v) is 4.04. The predicted octanol–water partition coefficient (Wildman–Crippen LogP) is 1.30. The molecule has 3 aliphatic heterocycles. The first kappa shape index (κ1) is 11.7. The summed E-state index contributed by atoms with van der Waals surface area (Å²) < 4.78 is 0. The molecule has 1 N–H and O–H groups in total. The fourth-order valence-electron chi connectivity index (χ4n) is 3.05. The highest BCUT2D eigenvalue weighted by Crippen LogP contribution is 2.26. The van der Waals surface area contributed by atoms with E-state index >= 15 is 0 Å². The van der Waals surface area contributed by atoms with Gasteiger partial charge in [0.15, 0.2) is 0 Å². The number of carbonyl (C=O) groups is 1. The Kier molecular flexibility index (Phi) is 3.28. The molecule has 18 heavy (non-hydrogen) atoms. The molecule has 96 valence electrons. The van der Waals surface area contributed by atoms with E-state index in [-0.39, 0.29) is 11.9 Å². The third-order valence-electron chi connectivity index (χ3n) is 4.04. The summed E-state index contributed by atoms with van der Waals surface area (Å²) in [5.41, 5.74) is 0.518. The molecule has 0 spiro atoms. The topological polar surface area (TPSA) is 45.2 Å². The normalized spacial score (nSPS) is 30.8. The first-order valence-corrected chi connectivity index (χ1v) is 6.75. The van der Waals surface area contributed by atoms with Gasteiger partial charge in [0.2, 0.25) is 0 Å². The molecule has 4 rings (SSSR count). The van der Waals surface area contributed by atoms with Crippen LogP contribution in [-0.4, -0.2) is 41.5 Å². The second-order valence-electron chi connectivity index (χ2n) is 5.37. The maximum atomic E-state index is 12.1. The van der Waals surface area contributed by atoms with E-state index in [4.69, 9.17) is 0 Å². The van der Waals surface area contributed by atoms with E-state index in [2.05, 4.69) is 15.2 Å². The largest absolute Gasteiger partial charge is 0.347 e. The molecule has 3 saturated heterocycles. The van der Waals surface area contributed by atoms with Crippen molar-refractivity contribution in [2.45, 2.75) is 25.3 Å². The van der Waals surface area contributed by atoms with Gasteiger partial charge in [-0.15, -0.1) is 0 Å². The fraction of sp³-hybridized carbons (Fsp3) is 0.571. The highest BCUT2D eigenvalue weighted by molar-refractivity contribution is 5.92. The summed E-state index contributed by atoms with van der Waals surface area (Å²) >= 11 is 0. The number of carbonyl (C=O) groups excluding carboxylic acids is 1. The van der Waals surface area contributed by atoms with E-state index in [1.807, 2.05) is 12.1 Å². The molecule has 1 aromatic rings. The number of rotatable bonds is 2. The number of hydrogen-bond acceptors (Lipinski definition) is 3. The molecule has 0 aliphatic carbocycles. The van der Waals surface area contributed by atoms with Crippen molar-refractivity contribution < 1.29 is 4.79 Å². The summed E-state index contributed by atoms with van der Waals surface area (Å²) in [6.07, 6.45) is 5.36. The Balaban J connectivity index is 1.64. The highest BCUT2D eigenvalue weighted by Gasteiger charge is 2.29. The van der Waals surface area contributed by atoms with Crippen LogP contribution in [0.4, 0.5) is 0 Å². The van der Waals surface area contributed by atoms with Crippen LogP contribution in [0, 0.1) is 5.92 Å². The number of nitrogens with one attached hydrogen (secondary N) is 1. The number of hydrogen-bond donors (Lipinski definition) is 1. The molecule has 4 heterocycles. The molecule has 3 aliphatic rings. The summed E-state index contributed by atoms with van der Waals surface area (Å²) in [6.45, 7) is 3.39. The Bertz CT molecular complexity index is 398. The number of nitrogens with zero attached hydrogens (tertiary/aromatic N) is 2. The van der Waals surface area contributed by atoms with Crippen LogP contribution in [0.5, 0.6) is 0 Å². The lowest BCUT2D eigenvalue weighted by Crippen LogP contribution is -2.42. The molecule has 0 unspecified atom stereocenters. The van der Waals surface area contributed by atoms with Gasteiger partial charge in [-0.05, 0) is 50.4 Å². The van der Waals surface area contributed by atoms with Crippen LogP contribution < -0.4 is 5.32 Å². The van der Waals surface area contributed by atoms with Crippen molar-refractivity contribution in [1.82, 2.24) is 15.2 Å². The van der Waals surface area contributed by atoms with Crippen LogP contribution in [-0.2, 0) is 0 Å². The Morgan fingerprint density at radius 1 is 1.33 bits per heavy atom. The van der Waals surface area contributed by atoms with Crippen LogP contribution in [0.15, 0.2) is 24.4 Å². The third kappa shape index (κ3) is 2.53. The SMILES string of the molecule is O=C(N[C@@H]1CC2CCN(CC2)C1)c1ccccn1. The number of pyridine rings is 1. The van der Waals surface area contributed by atoms with Gasteiger partial charge in [0.25, 0.3) is 5.91 Å². The van der Waals surface area contributed by atoms with Gasteiger partial charge in [-0.2, -0.15) is 0 Å². The summed E-state index contributed by atoms with van der Waals surface area (Å²) in [6, 6.07) is 5.73. The first-order valence-electron chi connectivity index (χ1n) is 6.75. The second kappa shape index (κ2) is 5.06. The van der Waals surface area contributed by atoms with E-state index in [9.17, 15) is 4.79 Å². The van der Waals surface area contributed by atoms with Crippen LogP contribution in [0.25, 0.3) is 0 Å². The van der Waals surface area contributed by atoms with Gasteiger partial charge in [0.05, 0.1) is 0 Å². The summed E-state index contributed by atoms with van der Waals surface area (Å²) in [4.78, 5) is 18.6. The minimum atomic E-state index is -0.0388.